The lowest BCUT2D eigenvalue weighted by Gasteiger charge is -2.03. The van der Waals surface area contributed by atoms with Crippen molar-refractivity contribution in [2.24, 2.45) is 0 Å². The van der Waals surface area contributed by atoms with Gasteiger partial charge in [-0.15, -0.1) is 0 Å². The zero-order chi connectivity index (χ0) is 14.6. The Labute approximate surface area is 119 Å². The molecular formula is C16H20O4. The highest BCUT2D eigenvalue weighted by molar-refractivity contribution is 5.82. The van der Waals surface area contributed by atoms with Crippen molar-refractivity contribution >= 4 is 5.97 Å². The molecule has 0 aliphatic rings. The van der Waals surface area contributed by atoms with E-state index >= 15 is 0 Å². The van der Waals surface area contributed by atoms with E-state index in [1.54, 1.807) is 26.2 Å². The second-order valence-corrected chi connectivity index (χ2v) is 3.90. The van der Waals surface area contributed by atoms with Gasteiger partial charge >= 0.3 is 5.97 Å². The summed E-state index contributed by atoms with van der Waals surface area (Å²) in [6.07, 6.45) is 6.60. The Hall–Kier alpha value is -2.07. The lowest BCUT2D eigenvalue weighted by molar-refractivity contribution is -0.137. The van der Waals surface area contributed by atoms with Crippen LogP contribution in [0.3, 0.4) is 0 Å². The van der Waals surface area contributed by atoms with Gasteiger partial charge < -0.3 is 14.2 Å². The van der Waals surface area contributed by atoms with Gasteiger partial charge in [-0.3, -0.25) is 0 Å². The van der Waals surface area contributed by atoms with E-state index < -0.39 is 0 Å². The molecule has 0 atom stereocenters. The Morgan fingerprint density at radius 2 is 1.95 bits per heavy atom. The van der Waals surface area contributed by atoms with Crippen molar-refractivity contribution < 1.29 is 19.0 Å². The van der Waals surface area contributed by atoms with Crippen LogP contribution >= 0.6 is 0 Å². The minimum atomic E-state index is -0.337. The predicted octanol–water partition coefficient (Wildman–Crippen LogP) is 2.89. The van der Waals surface area contributed by atoms with E-state index in [0.717, 1.165) is 11.3 Å². The van der Waals surface area contributed by atoms with Crippen LogP contribution < -0.4 is 4.74 Å². The van der Waals surface area contributed by atoms with E-state index in [4.69, 9.17) is 14.2 Å². The molecule has 0 bridgehead atoms. The van der Waals surface area contributed by atoms with Crippen molar-refractivity contribution in [2.45, 2.75) is 13.5 Å². The molecule has 20 heavy (non-hydrogen) atoms. The Balaban J connectivity index is 2.19. The first-order valence-electron chi connectivity index (χ1n) is 6.47. The highest BCUT2D eigenvalue weighted by atomic mass is 16.5. The number of methoxy groups -OCH3 is 1. The normalized spacial score (nSPS) is 11.1. The quantitative estimate of drug-likeness (QED) is 0.317. The van der Waals surface area contributed by atoms with Crippen molar-refractivity contribution in [1.29, 1.82) is 0 Å². The van der Waals surface area contributed by atoms with Crippen molar-refractivity contribution in [1.82, 2.24) is 0 Å². The van der Waals surface area contributed by atoms with Gasteiger partial charge in [-0.05, 0) is 24.6 Å². The second-order valence-electron chi connectivity index (χ2n) is 3.90. The molecule has 0 saturated heterocycles. The maximum atomic E-state index is 11.0. The van der Waals surface area contributed by atoms with Gasteiger partial charge in [-0.1, -0.05) is 30.4 Å². The average molecular weight is 276 g/mol. The third kappa shape index (κ3) is 6.75. The molecule has 1 aromatic rings. The smallest absolute Gasteiger partial charge is 0.330 e. The molecule has 0 unspecified atom stereocenters. The summed E-state index contributed by atoms with van der Waals surface area (Å²) in [6, 6.07) is 7.72. The molecule has 0 radical (unpaired) electrons. The van der Waals surface area contributed by atoms with E-state index in [1.165, 1.54) is 6.08 Å². The van der Waals surface area contributed by atoms with Crippen LogP contribution in [0.25, 0.3) is 0 Å². The fourth-order valence-electron chi connectivity index (χ4n) is 1.43. The van der Waals surface area contributed by atoms with Crippen LogP contribution in [0.5, 0.6) is 5.75 Å². The van der Waals surface area contributed by atoms with Gasteiger partial charge in [-0.2, -0.15) is 0 Å². The van der Waals surface area contributed by atoms with Crippen LogP contribution in [0.4, 0.5) is 0 Å². The number of hydrogen-bond donors (Lipinski definition) is 0. The molecule has 108 valence electrons. The van der Waals surface area contributed by atoms with Crippen molar-refractivity contribution in [3.8, 4) is 5.75 Å². The number of ether oxygens (including phenoxy) is 3. The lowest BCUT2D eigenvalue weighted by Crippen LogP contribution is -1.98. The summed E-state index contributed by atoms with van der Waals surface area (Å²) in [5.74, 6) is 0.494. The monoisotopic (exact) mass is 276 g/mol. The molecule has 0 saturated carbocycles. The number of hydrogen-bond acceptors (Lipinski definition) is 4. The van der Waals surface area contributed by atoms with Crippen molar-refractivity contribution in [3.63, 3.8) is 0 Å². The minimum Gasteiger partial charge on any atom is -0.497 e. The molecule has 4 heteroatoms. The molecular weight excluding hydrogens is 256 g/mol. The van der Waals surface area contributed by atoms with E-state index in [2.05, 4.69) is 0 Å². The second kappa shape index (κ2) is 9.81. The molecule has 0 amide bonds. The van der Waals surface area contributed by atoms with Crippen molar-refractivity contribution in [2.75, 3.05) is 20.3 Å². The number of allylic oxidation sites excluding steroid dienone is 2. The number of esters is 1. The molecule has 1 rings (SSSR count). The van der Waals surface area contributed by atoms with E-state index in [-0.39, 0.29) is 5.97 Å². The molecule has 0 spiro atoms. The van der Waals surface area contributed by atoms with Gasteiger partial charge in [0.25, 0.3) is 0 Å². The fraction of sp³-hybridized carbons (Fsp3) is 0.312. The SMILES string of the molecule is CCOC(=O)C=CC=CCOCc1ccc(OC)cc1. The maximum Gasteiger partial charge on any atom is 0.330 e. The molecule has 1 aromatic carbocycles. The van der Waals surface area contributed by atoms with Gasteiger partial charge in [0.2, 0.25) is 0 Å². The Bertz CT molecular complexity index is 446. The first kappa shape index (κ1) is 16.0. The topological polar surface area (TPSA) is 44.8 Å². The maximum absolute atomic E-state index is 11.0. The van der Waals surface area contributed by atoms with Gasteiger partial charge in [0.1, 0.15) is 5.75 Å². The number of rotatable bonds is 8. The summed E-state index contributed by atoms with van der Waals surface area (Å²) in [5.41, 5.74) is 1.08. The molecule has 0 aromatic heterocycles. The number of benzene rings is 1. The largest absolute Gasteiger partial charge is 0.497 e. The number of carbonyl (C=O) groups is 1. The van der Waals surface area contributed by atoms with Crippen LogP contribution in [0.2, 0.25) is 0 Å². The molecule has 0 N–H and O–H groups in total. The van der Waals surface area contributed by atoms with Gasteiger partial charge in [0.15, 0.2) is 0 Å². The predicted molar refractivity (Wildman–Crippen MR) is 77.6 cm³/mol. The summed E-state index contributed by atoms with van der Waals surface area (Å²) in [7, 11) is 1.64. The Morgan fingerprint density at radius 1 is 1.20 bits per heavy atom. The van der Waals surface area contributed by atoms with Crippen LogP contribution in [-0.2, 0) is 20.9 Å². The minimum absolute atomic E-state index is 0.337. The van der Waals surface area contributed by atoms with E-state index in [1.807, 2.05) is 30.3 Å². The van der Waals surface area contributed by atoms with Gasteiger partial charge in [0, 0.05) is 6.08 Å². The van der Waals surface area contributed by atoms with Crippen LogP contribution in [0.1, 0.15) is 12.5 Å². The molecule has 0 fully saturated rings. The molecule has 0 heterocycles. The zero-order valence-corrected chi connectivity index (χ0v) is 11.9. The van der Waals surface area contributed by atoms with Crippen LogP contribution in [0.15, 0.2) is 48.6 Å². The lowest BCUT2D eigenvalue weighted by atomic mass is 10.2. The highest BCUT2D eigenvalue weighted by Gasteiger charge is 1.93. The van der Waals surface area contributed by atoms with Gasteiger partial charge in [0.05, 0.1) is 26.9 Å². The Kier molecular flexibility index (Phi) is 7.84. The summed E-state index contributed by atoms with van der Waals surface area (Å²) in [6.45, 7) is 3.18. The first-order chi connectivity index (χ1) is 9.76. The van der Waals surface area contributed by atoms with E-state index in [0.29, 0.717) is 19.8 Å². The summed E-state index contributed by atoms with van der Waals surface area (Å²) in [5, 5.41) is 0. The standard InChI is InChI=1S/C16H20O4/c1-3-20-16(17)7-5-4-6-12-19-13-14-8-10-15(18-2)11-9-14/h4-11H,3,12-13H2,1-2H3. The third-order valence-electron chi connectivity index (χ3n) is 2.41. The molecule has 0 aliphatic heterocycles. The fourth-order valence-corrected chi connectivity index (χ4v) is 1.43. The summed E-state index contributed by atoms with van der Waals surface area (Å²) < 4.78 is 15.3. The summed E-state index contributed by atoms with van der Waals surface area (Å²) in [4.78, 5) is 11.0. The molecule has 4 nitrogen and oxygen atoms in total. The first-order valence-corrected chi connectivity index (χ1v) is 6.47. The van der Waals surface area contributed by atoms with Crippen molar-refractivity contribution in [3.05, 3.63) is 54.1 Å². The molecule has 0 aliphatic carbocycles. The Morgan fingerprint density at radius 3 is 2.60 bits per heavy atom. The third-order valence-corrected chi connectivity index (χ3v) is 2.41. The average Bonchev–Trinajstić information content (AvgIpc) is 2.47. The highest BCUT2D eigenvalue weighted by Crippen LogP contribution is 2.11. The number of carbonyl (C=O) groups excluding carboxylic acids is 1. The summed E-state index contributed by atoms with van der Waals surface area (Å²) >= 11 is 0. The van der Waals surface area contributed by atoms with Crippen LogP contribution in [-0.4, -0.2) is 26.3 Å². The van der Waals surface area contributed by atoms with E-state index in [9.17, 15) is 4.79 Å². The van der Waals surface area contributed by atoms with Crippen LogP contribution in [0, 0.1) is 0 Å². The zero-order valence-electron chi connectivity index (χ0n) is 11.9. The van der Waals surface area contributed by atoms with Gasteiger partial charge in [-0.25, -0.2) is 4.79 Å².